The van der Waals surface area contributed by atoms with Crippen LogP contribution < -0.4 is 10.6 Å². The fourth-order valence-corrected chi connectivity index (χ4v) is 2.08. The Morgan fingerprint density at radius 1 is 1.56 bits per heavy atom. The van der Waals surface area contributed by atoms with E-state index in [0.29, 0.717) is 6.42 Å². The van der Waals surface area contributed by atoms with Crippen LogP contribution in [0, 0.1) is 5.92 Å². The first-order chi connectivity index (χ1) is 7.83. The summed E-state index contributed by atoms with van der Waals surface area (Å²) in [5.74, 6) is 0.938. The fourth-order valence-electron chi connectivity index (χ4n) is 2.08. The molecule has 0 radical (unpaired) electrons. The summed E-state index contributed by atoms with van der Waals surface area (Å²) < 4.78 is 0. The van der Waals surface area contributed by atoms with Crippen molar-refractivity contribution in [2.45, 2.75) is 38.5 Å². The third kappa shape index (κ3) is 5.91. The van der Waals surface area contributed by atoms with Crippen molar-refractivity contribution in [3.8, 4) is 0 Å². The minimum atomic E-state index is 0.186. The molecule has 1 heterocycles. The van der Waals surface area contributed by atoms with E-state index in [0.717, 1.165) is 44.8 Å². The second-order valence-corrected chi connectivity index (χ2v) is 4.53. The van der Waals surface area contributed by atoms with Crippen molar-refractivity contribution in [2.75, 3.05) is 19.6 Å². The molecule has 1 fully saturated rings. The van der Waals surface area contributed by atoms with Crippen LogP contribution in [-0.2, 0) is 4.79 Å². The van der Waals surface area contributed by atoms with Crippen LogP contribution in [0.1, 0.15) is 38.5 Å². The molecule has 1 saturated heterocycles. The van der Waals surface area contributed by atoms with Gasteiger partial charge in [-0.1, -0.05) is 6.08 Å². The molecule has 0 aromatic heterocycles. The van der Waals surface area contributed by atoms with Gasteiger partial charge in [0.15, 0.2) is 0 Å². The van der Waals surface area contributed by atoms with Gasteiger partial charge >= 0.3 is 0 Å². The van der Waals surface area contributed by atoms with Gasteiger partial charge in [0, 0.05) is 13.0 Å². The Morgan fingerprint density at radius 2 is 2.44 bits per heavy atom. The number of carbonyl (C=O) groups excluding carboxylic acids is 1. The summed E-state index contributed by atoms with van der Waals surface area (Å²) in [5, 5.41) is 6.38. The van der Waals surface area contributed by atoms with Crippen LogP contribution in [0.25, 0.3) is 0 Å². The van der Waals surface area contributed by atoms with E-state index in [1.54, 1.807) is 0 Å². The molecule has 1 aliphatic heterocycles. The molecule has 3 heteroatoms. The lowest BCUT2D eigenvalue weighted by atomic mass is 9.96. The number of hydrogen-bond donors (Lipinski definition) is 2. The van der Waals surface area contributed by atoms with Crippen molar-refractivity contribution in [2.24, 2.45) is 5.92 Å². The Morgan fingerprint density at radius 3 is 3.12 bits per heavy atom. The molecule has 0 aromatic rings. The smallest absolute Gasteiger partial charge is 0.220 e. The highest BCUT2D eigenvalue weighted by Gasteiger charge is 2.12. The lowest BCUT2D eigenvalue weighted by molar-refractivity contribution is -0.121. The van der Waals surface area contributed by atoms with Crippen LogP contribution in [0.5, 0.6) is 0 Å². The lowest BCUT2D eigenvalue weighted by Gasteiger charge is -2.22. The van der Waals surface area contributed by atoms with Crippen LogP contribution in [0.2, 0.25) is 0 Å². The van der Waals surface area contributed by atoms with Crippen LogP contribution in [0.4, 0.5) is 0 Å². The van der Waals surface area contributed by atoms with Crippen molar-refractivity contribution < 1.29 is 4.79 Å². The molecule has 1 atom stereocenters. The number of amides is 1. The van der Waals surface area contributed by atoms with Gasteiger partial charge in [0.05, 0.1) is 0 Å². The van der Waals surface area contributed by atoms with Gasteiger partial charge in [-0.2, -0.15) is 0 Å². The third-order valence-electron chi connectivity index (χ3n) is 3.09. The van der Waals surface area contributed by atoms with Gasteiger partial charge in [-0.05, 0) is 51.1 Å². The average molecular weight is 224 g/mol. The van der Waals surface area contributed by atoms with E-state index in [1.807, 2.05) is 6.08 Å². The van der Waals surface area contributed by atoms with Crippen molar-refractivity contribution in [3.05, 3.63) is 12.7 Å². The van der Waals surface area contributed by atoms with E-state index in [1.165, 1.54) is 12.8 Å². The largest absolute Gasteiger partial charge is 0.356 e. The number of carbonyl (C=O) groups is 1. The Bertz CT molecular complexity index is 210. The van der Waals surface area contributed by atoms with Crippen molar-refractivity contribution >= 4 is 5.91 Å². The summed E-state index contributed by atoms with van der Waals surface area (Å²) in [4.78, 5) is 11.4. The van der Waals surface area contributed by atoms with Gasteiger partial charge < -0.3 is 10.6 Å². The topological polar surface area (TPSA) is 41.1 Å². The third-order valence-corrected chi connectivity index (χ3v) is 3.09. The number of nitrogens with one attached hydrogen (secondary N) is 2. The molecular weight excluding hydrogens is 200 g/mol. The SMILES string of the molecule is C=CCCCC(=O)NCCC1CCCNC1. The lowest BCUT2D eigenvalue weighted by Crippen LogP contribution is -2.33. The Balaban J connectivity index is 1.96. The first kappa shape index (κ1) is 13.2. The molecule has 0 bridgehead atoms. The summed E-state index contributed by atoms with van der Waals surface area (Å²) in [5.41, 5.74) is 0. The predicted octanol–water partition coefficient (Wildman–Crippen LogP) is 1.85. The molecule has 2 N–H and O–H groups in total. The Hall–Kier alpha value is -0.830. The van der Waals surface area contributed by atoms with Gasteiger partial charge in [-0.15, -0.1) is 6.58 Å². The van der Waals surface area contributed by atoms with Crippen molar-refractivity contribution in [1.82, 2.24) is 10.6 Å². The molecule has 1 amide bonds. The molecule has 1 rings (SSSR count). The van der Waals surface area contributed by atoms with E-state index in [9.17, 15) is 4.79 Å². The fraction of sp³-hybridized carbons (Fsp3) is 0.769. The first-order valence-corrected chi connectivity index (χ1v) is 6.41. The van der Waals surface area contributed by atoms with Crippen LogP contribution in [0.3, 0.4) is 0 Å². The van der Waals surface area contributed by atoms with Crippen LogP contribution in [-0.4, -0.2) is 25.5 Å². The molecule has 0 spiro atoms. The van der Waals surface area contributed by atoms with E-state index in [2.05, 4.69) is 17.2 Å². The maximum absolute atomic E-state index is 11.4. The highest BCUT2D eigenvalue weighted by Crippen LogP contribution is 2.12. The monoisotopic (exact) mass is 224 g/mol. The average Bonchev–Trinajstić information content (AvgIpc) is 2.31. The zero-order valence-electron chi connectivity index (χ0n) is 10.1. The van der Waals surface area contributed by atoms with Gasteiger partial charge in [0.1, 0.15) is 0 Å². The zero-order chi connectivity index (χ0) is 11.6. The van der Waals surface area contributed by atoms with Gasteiger partial charge in [0.2, 0.25) is 5.91 Å². The summed E-state index contributed by atoms with van der Waals surface area (Å²) >= 11 is 0. The molecule has 0 aromatic carbocycles. The molecule has 0 aliphatic carbocycles. The van der Waals surface area contributed by atoms with Gasteiger partial charge in [-0.3, -0.25) is 4.79 Å². The number of rotatable bonds is 7. The second-order valence-electron chi connectivity index (χ2n) is 4.53. The van der Waals surface area contributed by atoms with Gasteiger partial charge in [0.25, 0.3) is 0 Å². The maximum Gasteiger partial charge on any atom is 0.220 e. The number of piperidine rings is 1. The zero-order valence-corrected chi connectivity index (χ0v) is 10.1. The van der Waals surface area contributed by atoms with E-state index in [-0.39, 0.29) is 5.91 Å². The van der Waals surface area contributed by atoms with Crippen LogP contribution in [0.15, 0.2) is 12.7 Å². The first-order valence-electron chi connectivity index (χ1n) is 6.41. The summed E-state index contributed by atoms with van der Waals surface area (Å²) in [6.45, 7) is 6.75. The summed E-state index contributed by atoms with van der Waals surface area (Å²) in [7, 11) is 0. The van der Waals surface area contributed by atoms with E-state index >= 15 is 0 Å². The van der Waals surface area contributed by atoms with Crippen molar-refractivity contribution in [3.63, 3.8) is 0 Å². The number of hydrogen-bond acceptors (Lipinski definition) is 2. The van der Waals surface area contributed by atoms with Crippen molar-refractivity contribution in [1.29, 1.82) is 0 Å². The molecule has 1 unspecified atom stereocenters. The minimum Gasteiger partial charge on any atom is -0.356 e. The molecule has 1 aliphatic rings. The number of allylic oxidation sites excluding steroid dienone is 1. The quantitative estimate of drug-likeness (QED) is 0.512. The maximum atomic E-state index is 11.4. The predicted molar refractivity (Wildman–Crippen MR) is 67.3 cm³/mol. The van der Waals surface area contributed by atoms with E-state index < -0.39 is 0 Å². The number of unbranched alkanes of at least 4 members (excludes halogenated alkanes) is 1. The molecule has 16 heavy (non-hydrogen) atoms. The van der Waals surface area contributed by atoms with Gasteiger partial charge in [-0.25, -0.2) is 0 Å². The highest BCUT2D eigenvalue weighted by atomic mass is 16.1. The minimum absolute atomic E-state index is 0.186. The summed E-state index contributed by atoms with van der Waals surface area (Å²) in [6, 6.07) is 0. The second kappa shape index (κ2) is 8.34. The molecular formula is C13H24N2O. The standard InChI is InChI=1S/C13H24N2O/c1-2-3-4-7-13(16)15-10-8-12-6-5-9-14-11-12/h2,12,14H,1,3-11H2,(H,15,16). The molecule has 0 saturated carbocycles. The Labute approximate surface area is 98.7 Å². The van der Waals surface area contributed by atoms with E-state index in [4.69, 9.17) is 0 Å². The Kier molecular flexibility index (Phi) is 6.90. The summed E-state index contributed by atoms with van der Waals surface area (Å²) in [6.07, 6.45) is 8.04. The highest BCUT2D eigenvalue weighted by molar-refractivity contribution is 5.75. The molecule has 92 valence electrons. The normalized spacial score (nSPS) is 20.4. The van der Waals surface area contributed by atoms with Crippen LogP contribution >= 0.6 is 0 Å². The molecule has 3 nitrogen and oxygen atoms in total.